The molecule has 0 atom stereocenters. The largest absolute Gasteiger partial charge is 0.376 e. The smallest absolute Gasteiger partial charge is 0.241 e. The van der Waals surface area contributed by atoms with Gasteiger partial charge in [-0.05, 0) is 18.6 Å². The number of nitrogens with one attached hydrogen (secondary N) is 2. The van der Waals surface area contributed by atoms with Crippen LogP contribution in [0, 0.1) is 6.92 Å². The maximum Gasteiger partial charge on any atom is 0.241 e. The molecule has 1 aliphatic heterocycles. The maximum atomic E-state index is 11.9. The molecule has 2 rings (SSSR count). The van der Waals surface area contributed by atoms with Gasteiger partial charge >= 0.3 is 0 Å². The summed E-state index contributed by atoms with van der Waals surface area (Å²) in [5.41, 5.74) is 2.21. The molecule has 0 bridgehead atoms. The molecule has 1 aromatic rings. The SMILES string of the molecule is Cc1ccccc1NCC(=O)N1CCNCC1. The van der Waals surface area contributed by atoms with Crippen molar-refractivity contribution in [3.8, 4) is 0 Å². The number of amides is 1. The number of rotatable bonds is 3. The van der Waals surface area contributed by atoms with E-state index in [1.165, 1.54) is 5.56 Å². The zero-order chi connectivity index (χ0) is 12.1. The van der Waals surface area contributed by atoms with Crippen molar-refractivity contribution < 1.29 is 4.79 Å². The number of hydrogen-bond acceptors (Lipinski definition) is 3. The number of benzene rings is 1. The number of nitrogens with zero attached hydrogens (tertiary/aromatic N) is 1. The quantitative estimate of drug-likeness (QED) is 0.813. The fourth-order valence-corrected chi connectivity index (χ4v) is 1.97. The third-order valence-corrected chi connectivity index (χ3v) is 3.04. The monoisotopic (exact) mass is 233 g/mol. The summed E-state index contributed by atoms with van der Waals surface area (Å²) in [6.45, 7) is 5.84. The summed E-state index contributed by atoms with van der Waals surface area (Å²) in [4.78, 5) is 13.8. The molecule has 4 heteroatoms. The number of hydrogen-bond donors (Lipinski definition) is 2. The van der Waals surface area contributed by atoms with E-state index in [2.05, 4.69) is 10.6 Å². The molecular formula is C13H19N3O. The highest BCUT2D eigenvalue weighted by Crippen LogP contribution is 2.12. The predicted octanol–water partition coefficient (Wildman–Crippen LogP) is 0.839. The van der Waals surface area contributed by atoms with Crippen molar-refractivity contribution in [3.63, 3.8) is 0 Å². The molecule has 17 heavy (non-hydrogen) atoms. The average Bonchev–Trinajstić information content (AvgIpc) is 2.38. The van der Waals surface area contributed by atoms with E-state index in [1.807, 2.05) is 36.1 Å². The second kappa shape index (κ2) is 5.68. The van der Waals surface area contributed by atoms with Gasteiger partial charge in [-0.2, -0.15) is 0 Å². The minimum Gasteiger partial charge on any atom is -0.376 e. The Morgan fingerprint density at radius 2 is 2.06 bits per heavy atom. The average molecular weight is 233 g/mol. The van der Waals surface area contributed by atoms with Crippen molar-refractivity contribution in [1.82, 2.24) is 10.2 Å². The first-order chi connectivity index (χ1) is 8.27. The van der Waals surface area contributed by atoms with E-state index in [-0.39, 0.29) is 5.91 Å². The first kappa shape index (κ1) is 11.9. The van der Waals surface area contributed by atoms with Gasteiger partial charge < -0.3 is 15.5 Å². The van der Waals surface area contributed by atoms with Crippen LogP contribution in [0.3, 0.4) is 0 Å². The normalized spacial score (nSPS) is 15.7. The molecular weight excluding hydrogens is 214 g/mol. The molecule has 4 nitrogen and oxygen atoms in total. The molecule has 1 amide bonds. The number of para-hydroxylation sites is 1. The van der Waals surface area contributed by atoms with Crippen LogP contribution in [-0.4, -0.2) is 43.5 Å². The van der Waals surface area contributed by atoms with E-state index in [0.29, 0.717) is 6.54 Å². The molecule has 92 valence electrons. The lowest BCUT2D eigenvalue weighted by Gasteiger charge is -2.27. The van der Waals surface area contributed by atoms with Crippen LogP contribution < -0.4 is 10.6 Å². The van der Waals surface area contributed by atoms with Crippen molar-refractivity contribution >= 4 is 11.6 Å². The lowest BCUT2D eigenvalue weighted by Crippen LogP contribution is -2.48. The molecule has 1 aliphatic rings. The molecule has 1 saturated heterocycles. The van der Waals surface area contributed by atoms with Crippen LogP contribution in [0.25, 0.3) is 0 Å². The Hall–Kier alpha value is -1.55. The van der Waals surface area contributed by atoms with Crippen LogP contribution in [0.2, 0.25) is 0 Å². The lowest BCUT2D eigenvalue weighted by molar-refractivity contribution is -0.129. The molecule has 0 aromatic heterocycles. The van der Waals surface area contributed by atoms with Crippen molar-refractivity contribution in [1.29, 1.82) is 0 Å². The molecule has 0 spiro atoms. The highest BCUT2D eigenvalue weighted by atomic mass is 16.2. The third-order valence-electron chi connectivity index (χ3n) is 3.04. The molecule has 0 radical (unpaired) electrons. The summed E-state index contributed by atoms with van der Waals surface area (Å²) < 4.78 is 0. The molecule has 1 fully saturated rings. The van der Waals surface area contributed by atoms with Crippen molar-refractivity contribution in [2.75, 3.05) is 38.0 Å². The fourth-order valence-electron chi connectivity index (χ4n) is 1.97. The van der Waals surface area contributed by atoms with Gasteiger partial charge in [0, 0.05) is 31.9 Å². The predicted molar refractivity (Wildman–Crippen MR) is 69.1 cm³/mol. The van der Waals surface area contributed by atoms with Gasteiger partial charge in [0.15, 0.2) is 0 Å². The summed E-state index contributed by atoms with van der Waals surface area (Å²) in [7, 11) is 0. The lowest BCUT2D eigenvalue weighted by atomic mass is 10.2. The zero-order valence-electron chi connectivity index (χ0n) is 10.2. The third kappa shape index (κ3) is 3.20. The van der Waals surface area contributed by atoms with E-state index in [4.69, 9.17) is 0 Å². The molecule has 0 aliphatic carbocycles. The molecule has 1 aromatic carbocycles. The second-order valence-corrected chi connectivity index (χ2v) is 4.30. The van der Waals surface area contributed by atoms with E-state index in [9.17, 15) is 4.79 Å². The van der Waals surface area contributed by atoms with Gasteiger partial charge in [0.1, 0.15) is 0 Å². The molecule has 0 unspecified atom stereocenters. The van der Waals surface area contributed by atoms with Crippen LogP contribution in [0.15, 0.2) is 24.3 Å². The second-order valence-electron chi connectivity index (χ2n) is 4.30. The first-order valence-corrected chi connectivity index (χ1v) is 6.05. The Morgan fingerprint density at radius 1 is 1.35 bits per heavy atom. The van der Waals surface area contributed by atoms with Gasteiger partial charge in [-0.15, -0.1) is 0 Å². The van der Waals surface area contributed by atoms with Crippen molar-refractivity contribution in [3.05, 3.63) is 29.8 Å². The van der Waals surface area contributed by atoms with Gasteiger partial charge in [0.25, 0.3) is 0 Å². The number of aryl methyl sites for hydroxylation is 1. The minimum atomic E-state index is 0.176. The van der Waals surface area contributed by atoms with Crippen LogP contribution in [-0.2, 0) is 4.79 Å². The Bertz CT molecular complexity index is 386. The molecule has 2 N–H and O–H groups in total. The summed E-state index contributed by atoms with van der Waals surface area (Å²) in [6, 6.07) is 8.02. The Morgan fingerprint density at radius 3 is 2.76 bits per heavy atom. The Balaban J connectivity index is 1.85. The standard InChI is InChI=1S/C13H19N3O/c1-11-4-2-3-5-12(11)15-10-13(17)16-8-6-14-7-9-16/h2-5,14-15H,6-10H2,1H3. The van der Waals surface area contributed by atoms with Gasteiger partial charge in [0.05, 0.1) is 6.54 Å². The van der Waals surface area contributed by atoms with E-state index >= 15 is 0 Å². The Labute approximate surface area is 102 Å². The zero-order valence-corrected chi connectivity index (χ0v) is 10.2. The molecule has 0 saturated carbocycles. The van der Waals surface area contributed by atoms with Gasteiger partial charge in [0.2, 0.25) is 5.91 Å². The summed E-state index contributed by atoms with van der Waals surface area (Å²) in [5.74, 6) is 0.176. The topological polar surface area (TPSA) is 44.4 Å². The van der Waals surface area contributed by atoms with Crippen LogP contribution in [0.5, 0.6) is 0 Å². The summed E-state index contributed by atoms with van der Waals surface area (Å²) in [6.07, 6.45) is 0. The number of carbonyl (C=O) groups excluding carboxylic acids is 1. The summed E-state index contributed by atoms with van der Waals surface area (Å²) >= 11 is 0. The highest BCUT2D eigenvalue weighted by Gasteiger charge is 2.15. The van der Waals surface area contributed by atoms with E-state index in [0.717, 1.165) is 31.9 Å². The molecule has 1 heterocycles. The number of carbonyl (C=O) groups is 1. The van der Waals surface area contributed by atoms with E-state index < -0.39 is 0 Å². The number of anilines is 1. The van der Waals surface area contributed by atoms with Gasteiger partial charge in [-0.3, -0.25) is 4.79 Å². The van der Waals surface area contributed by atoms with Crippen LogP contribution in [0.4, 0.5) is 5.69 Å². The maximum absolute atomic E-state index is 11.9. The van der Waals surface area contributed by atoms with E-state index in [1.54, 1.807) is 0 Å². The van der Waals surface area contributed by atoms with Crippen LogP contribution in [0.1, 0.15) is 5.56 Å². The van der Waals surface area contributed by atoms with Crippen LogP contribution >= 0.6 is 0 Å². The number of piperazine rings is 1. The van der Waals surface area contributed by atoms with Crippen molar-refractivity contribution in [2.24, 2.45) is 0 Å². The van der Waals surface area contributed by atoms with Gasteiger partial charge in [-0.25, -0.2) is 0 Å². The fraction of sp³-hybridized carbons (Fsp3) is 0.462. The Kier molecular flexibility index (Phi) is 3.98. The minimum absolute atomic E-state index is 0.176. The highest BCUT2D eigenvalue weighted by molar-refractivity contribution is 5.81. The first-order valence-electron chi connectivity index (χ1n) is 6.05. The van der Waals surface area contributed by atoms with Crippen molar-refractivity contribution in [2.45, 2.75) is 6.92 Å². The summed E-state index contributed by atoms with van der Waals surface area (Å²) in [5, 5.41) is 6.44. The van der Waals surface area contributed by atoms with Gasteiger partial charge in [-0.1, -0.05) is 18.2 Å².